The molecule has 0 aromatic heterocycles. The number of carbonyl (C=O) groups is 2. The number of nitrogens with zero attached hydrogens (tertiary/aromatic N) is 1. The molecule has 10 heteroatoms. The van der Waals surface area contributed by atoms with Crippen LogP contribution in [0.3, 0.4) is 0 Å². The van der Waals surface area contributed by atoms with Crippen molar-refractivity contribution in [3.63, 3.8) is 0 Å². The van der Waals surface area contributed by atoms with E-state index in [4.69, 9.17) is 9.47 Å². The van der Waals surface area contributed by atoms with E-state index in [9.17, 15) is 18.0 Å². The molecular formula is C23H37N3O6S. The summed E-state index contributed by atoms with van der Waals surface area (Å²) in [6.45, 7) is 9.72. The molecule has 33 heavy (non-hydrogen) atoms. The van der Waals surface area contributed by atoms with Gasteiger partial charge in [0.1, 0.15) is 11.8 Å². The molecule has 2 amide bonds. The molecule has 0 bridgehead atoms. The summed E-state index contributed by atoms with van der Waals surface area (Å²) in [4.78, 5) is 27.9. The minimum absolute atomic E-state index is 0.0210. The maximum Gasteiger partial charge on any atom is 0.243 e. The Balaban J connectivity index is 2.22. The van der Waals surface area contributed by atoms with Gasteiger partial charge in [0.25, 0.3) is 0 Å². The second-order valence-electron chi connectivity index (χ2n) is 9.61. The molecule has 0 aliphatic carbocycles. The number of rotatable bonds is 10. The molecule has 2 rings (SSSR count). The van der Waals surface area contributed by atoms with Crippen molar-refractivity contribution in [3.05, 3.63) is 24.3 Å². The topological polar surface area (TPSA) is 114 Å². The highest BCUT2D eigenvalue weighted by Gasteiger charge is 2.36. The Morgan fingerprint density at radius 2 is 1.85 bits per heavy atom. The molecular weight excluding hydrogens is 446 g/mol. The summed E-state index contributed by atoms with van der Waals surface area (Å²) in [5.41, 5.74) is -0.473. The molecule has 1 heterocycles. The third-order valence-electron chi connectivity index (χ3n) is 5.26. The zero-order valence-electron chi connectivity index (χ0n) is 20.4. The van der Waals surface area contributed by atoms with Crippen molar-refractivity contribution in [3.8, 4) is 5.75 Å². The van der Waals surface area contributed by atoms with Gasteiger partial charge in [-0.3, -0.25) is 9.59 Å². The monoisotopic (exact) mass is 483 g/mol. The smallest absolute Gasteiger partial charge is 0.243 e. The Hall–Kier alpha value is -2.17. The Morgan fingerprint density at radius 1 is 1.21 bits per heavy atom. The second kappa shape index (κ2) is 11.3. The minimum Gasteiger partial charge on any atom is -0.497 e. The summed E-state index contributed by atoms with van der Waals surface area (Å²) < 4.78 is 38.5. The van der Waals surface area contributed by atoms with Crippen LogP contribution in [0.15, 0.2) is 29.2 Å². The number of methoxy groups -OCH3 is 1. The van der Waals surface area contributed by atoms with E-state index < -0.39 is 34.1 Å². The van der Waals surface area contributed by atoms with E-state index >= 15 is 0 Å². The van der Waals surface area contributed by atoms with E-state index in [0.717, 1.165) is 12.8 Å². The van der Waals surface area contributed by atoms with Crippen LogP contribution in [0.4, 0.5) is 0 Å². The number of benzene rings is 1. The maximum absolute atomic E-state index is 13.3. The van der Waals surface area contributed by atoms with Gasteiger partial charge in [0, 0.05) is 18.7 Å². The molecule has 0 spiro atoms. The first-order chi connectivity index (χ1) is 15.3. The lowest BCUT2D eigenvalue weighted by molar-refractivity contribution is -0.143. The number of nitrogens with one attached hydrogen (secondary N) is 2. The minimum atomic E-state index is -3.92. The lowest BCUT2D eigenvalue weighted by atomic mass is 9.98. The van der Waals surface area contributed by atoms with E-state index in [2.05, 4.69) is 10.0 Å². The van der Waals surface area contributed by atoms with Gasteiger partial charge < -0.3 is 19.7 Å². The number of amides is 2. The van der Waals surface area contributed by atoms with Crippen molar-refractivity contribution < 1.29 is 27.5 Å². The van der Waals surface area contributed by atoms with Crippen molar-refractivity contribution in [1.29, 1.82) is 0 Å². The lowest BCUT2D eigenvalue weighted by Crippen LogP contribution is -2.58. The van der Waals surface area contributed by atoms with E-state index in [1.165, 1.54) is 36.3 Å². The van der Waals surface area contributed by atoms with Crippen molar-refractivity contribution in [1.82, 2.24) is 14.9 Å². The first-order valence-corrected chi connectivity index (χ1v) is 12.7. The molecule has 2 atom stereocenters. The summed E-state index contributed by atoms with van der Waals surface area (Å²) in [5, 5.41) is 2.95. The average molecular weight is 484 g/mol. The van der Waals surface area contributed by atoms with Gasteiger partial charge in [-0.15, -0.1) is 0 Å². The first kappa shape index (κ1) is 27.1. The van der Waals surface area contributed by atoms with E-state index in [1.54, 1.807) is 0 Å². The third-order valence-corrected chi connectivity index (χ3v) is 6.68. The van der Waals surface area contributed by atoms with Crippen LogP contribution in [0.25, 0.3) is 0 Å². The number of carbonyl (C=O) groups excluding carboxylic acids is 2. The van der Waals surface area contributed by atoms with Gasteiger partial charge >= 0.3 is 0 Å². The molecule has 1 aliphatic rings. The first-order valence-electron chi connectivity index (χ1n) is 11.2. The Kier molecular flexibility index (Phi) is 9.28. The Morgan fingerprint density at radius 3 is 2.33 bits per heavy atom. The number of hydrogen-bond acceptors (Lipinski definition) is 6. The highest BCUT2D eigenvalue weighted by Crippen LogP contribution is 2.20. The molecule has 1 fully saturated rings. The van der Waals surface area contributed by atoms with Crippen LogP contribution in [-0.4, -0.2) is 69.6 Å². The van der Waals surface area contributed by atoms with Crippen LogP contribution in [0, 0.1) is 5.92 Å². The molecule has 2 unspecified atom stereocenters. The van der Waals surface area contributed by atoms with Gasteiger partial charge in [-0.05, 0) is 63.8 Å². The van der Waals surface area contributed by atoms with Crippen LogP contribution >= 0.6 is 0 Å². The summed E-state index contributed by atoms with van der Waals surface area (Å²) in [7, 11) is -2.43. The SMILES string of the molecule is COc1ccc(S(=O)(=O)NCC(=O)N(CC2CCCO2)C(C(=O)NC(C)(C)C)C(C)C)cc1. The van der Waals surface area contributed by atoms with Crippen LogP contribution < -0.4 is 14.8 Å². The van der Waals surface area contributed by atoms with Crippen LogP contribution in [-0.2, 0) is 24.3 Å². The molecule has 9 nitrogen and oxygen atoms in total. The molecule has 0 radical (unpaired) electrons. The van der Waals surface area contributed by atoms with Crippen LogP contribution in [0.1, 0.15) is 47.5 Å². The lowest BCUT2D eigenvalue weighted by Gasteiger charge is -2.36. The van der Waals surface area contributed by atoms with Gasteiger partial charge in [0.2, 0.25) is 21.8 Å². The number of ether oxygens (including phenoxy) is 2. The predicted molar refractivity (Wildman–Crippen MR) is 125 cm³/mol. The van der Waals surface area contributed by atoms with Crippen LogP contribution in [0.2, 0.25) is 0 Å². The fourth-order valence-corrected chi connectivity index (χ4v) is 4.70. The average Bonchev–Trinajstić information content (AvgIpc) is 3.23. The predicted octanol–water partition coefficient (Wildman–Crippen LogP) is 1.92. The van der Waals surface area contributed by atoms with Gasteiger partial charge in [0.15, 0.2) is 0 Å². The molecule has 0 saturated carbocycles. The van der Waals surface area contributed by atoms with Gasteiger partial charge in [-0.25, -0.2) is 13.1 Å². The van der Waals surface area contributed by atoms with E-state index in [0.29, 0.717) is 12.4 Å². The Labute approximate surface area is 197 Å². The quantitative estimate of drug-likeness (QED) is 0.526. The normalized spacial score (nSPS) is 17.6. The summed E-state index contributed by atoms with van der Waals surface area (Å²) in [6.07, 6.45) is 1.49. The zero-order chi connectivity index (χ0) is 24.8. The highest BCUT2D eigenvalue weighted by atomic mass is 32.2. The van der Waals surface area contributed by atoms with Gasteiger partial charge in [-0.1, -0.05) is 13.8 Å². The molecule has 2 N–H and O–H groups in total. The maximum atomic E-state index is 13.3. The van der Waals surface area contributed by atoms with Crippen LogP contribution in [0.5, 0.6) is 5.75 Å². The highest BCUT2D eigenvalue weighted by molar-refractivity contribution is 7.89. The van der Waals surface area contributed by atoms with E-state index in [-0.39, 0.29) is 29.4 Å². The fourth-order valence-electron chi connectivity index (χ4n) is 3.72. The summed E-state index contributed by atoms with van der Waals surface area (Å²) in [5.74, 6) is -0.416. The zero-order valence-corrected chi connectivity index (χ0v) is 21.2. The molecule has 1 aromatic rings. The Bertz CT molecular complexity index is 903. The largest absolute Gasteiger partial charge is 0.497 e. The second-order valence-corrected chi connectivity index (χ2v) is 11.4. The summed E-state index contributed by atoms with van der Waals surface area (Å²) >= 11 is 0. The van der Waals surface area contributed by atoms with Crippen molar-refractivity contribution in [2.45, 2.75) is 70.0 Å². The van der Waals surface area contributed by atoms with Crippen molar-refractivity contribution >= 4 is 21.8 Å². The van der Waals surface area contributed by atoms with Gasteiger partial charge in [-0.2, -0.15) is 0 Å². The molecule has 1 aliphatic heterocycles. The summed E-state index contributed by atoms with van der Waals surface area (Å²) in [6, 6.07) is 5.12. The molecule has 186 valence electrons. The molecule has 1 saturated heterocycles. The van der Waals surface area contributed by atoms with Crippen molar-refractivity contribution in [2.75, 3.05) is 26.8 Å². The fraction of sp³-hybridized carbons (Fsp3) is 0.652. The third kappa shape index (κ3) is 7.97. The number of hydrogen-bond donors (Lipinski definition) is 2. The number of sulfonamides is 1. The standard InChI is InChI=1S/C23H37N3O6S/c1-16(2)21(22(28)25-23(3,4)5)26(15-18-8-7-13-32-18)20(27)14-24-33(29,30)19-11-9-17(31-6)10-12-19/h9-12,16,18,21,24H,7-8,13-15H2,1-6H3,(H,25,28). The van der Waals surface area contributed by atoms with Crippen molar-refractivity contribution in [2.24, 2.45) is 5.92 Å². The van der Waals surface area contributed by atoms with Gasteiger partial charge in [0.05, 0.1) is 24.7 Å². The molecule has 1 aromatic carbocycles. The van der Waals surface area contributed by atoms with E-state index in [1.807, 2.05) is 34.6 Å².